The molecule has 0 radical (unpaired) electrons. The normalized spacial score (nSPS) is 11.5. The summed E-state index contributed by atoms with van der Waals surface area (Å²) in [4.78, 5) is 39.3. The van der Waals surface area contributed by atoms with Crippen LogP contribution in [0.5, 0.6) is 0 Å². The van der Waals surface area contributed by atoms with E-state index in [1.54, 1.807) is 38.1 Å². The number of carbonyl (C=O) groups is 2. The molecular weight excluding hydrogens is 312 g/mol. The van der Waals surface area contributed by atoms with Crippen molar-refractivity contribution in [2.75, 3.05) is 13.2 Å². The minimum Gasteiger partial charge on any atom is -0.465 e. The molecule has 0 bridgehead atoms. The van der Waals surface area contributed by atoms with Gasteiger partial charge in [-0.2, -0.15) is 5.26 Å². The van der Waals surface area contributed by atoms with Crippen molar-refractivity contribution < 1.29 is 19.1 Å². The quantitative estimate of drug-likeness (QED) is 0.839. The second-order valence-electron chi connectivity index (χ2n) is 4.82. The molecule has 1 unspecified atom stereocenters. The van der Waals surface area contributed by atoms with Gasteiger partial charge in [-0.25, -0.2) is 4.79 Å². The van der Waals surface area contributed by atoms with E-state index < -0.39 is 23.4 Å². The Labute approximate surface area is 137 Å². The number of H-pyrrole nitrogens is 1. The first-order valence-electron chi connectivity index (χ1n) is 7.43. The summed E-state index contributed by atoms with van der Waals surface area (Å²) in [5.41, 5.74) is -0.648. The minimum atomic E-state index is -1.41. The number of esters is 2. The predicted octanol–water partition coefficient (Wildman–Crippen LogP) is 1.88. The average molecular weight is 328 g/mol. The van der Waals surface area contributed by atoms with Crippen LogP contribution in [-0.4, -0.2) is 30.1 Å². The molecule has 1 atom stereocenters. The van der Waals surface area contributed by atoms with Crippen LogP contribution in [0, 0.1) is 11.3 Å². The monoisotopic (exact) mass is 328 g/mol. The molecule has 0 amide bonds. The summed E-state index contributed by atoms with van der Waals surface area (Å²) in [6.07, 6.45) is 0. The summed E-state index contributed by atoms with van der Waals surface area (Å²) < 4.78 is 9.82. The molecule has 0 saturated heterocycles. The van der Waals surface area contributed by atoms with E-state index in [2.05, 4.69) is 4.98 Å². The number of rotatable bonds is 5. The lowest BCUT2D eigenvalue weighted by Gasteiger charge is -2.15. The van der Waals surface area contributed by atoms with Crippen LogP contribution in [0.25, 0.3) is 10.9 Å². The van der Waals surface area contributed by atoms with E-state index in [4.69, 9.17) is 9.47 Å². The first kappa shape index (κ1) is 17.2. The van der Waals surface area contributed by atoms with Gasteiger partial charge in [-0.3, -0.25) is 9.59 Å². The number of para-hydroxylation sites is 1. The maximum Gasteiger partial charge on any atom is 0.344 e. The van der Waals surface area contributed by atoms with Crippen LogP contribution in [0.3, 0.4) is 0 Å². The number of aromatic amines is 1. The smallest absolute Gasteiger partial charge is 0.344 e. The van der Waals surface area contributed by atoms with Crippen molar-refractivity contribution in [1.29, 1.82) is 5.26 Å². The summed E-state index contributed by atoms with van der Waals surface area (Å²) in [5, 5.41) is 9.86. The summed E-state index contributed by atoms with van der Waals surface area (Å²) >= 11 is 0. The lowest BCUT2D eigenvalue weighted by atomic mass is 9.92. The first-order chi connectivity index (χ1) is 11.5. The van der Waals surface area contributed by atoms with E-state index in [9.17, 15) is 19.6 Å². The van der Waals surface area contributed by atoms with Gasteiger partial charge < -0.3 is 14.5 Å². The van der Waals surface area contributed by atoms with Crippen LogP contribution in [-0.2, 0) is 14.3 Å². The lowest BCUT2D eigenvalue weighted by Crippen LogP contribution is -2.27. The number of carbonyl (C=O) groups excluding carboxylic acids is 2. The molecular formula is C17H16N2O5. The number of benzene rings is 1. The van der Waals surface area contributed by atoms with Gasteiger partial charge in [0.1, 0.15) is 5.56 Å². The largest absolute Gasteiger partial charge is 0.465 e. The molecule has 1 aromatic carbocycles. The van der Waals surface area contributed by atoms with Crippen LogP contribution < -0.4 is 5.56 Å². The average Bonchev–Trinajstić information content (AvgIpc) is 2.55. The summed E-state index contributed by atoms with van der Waals surface area (Å²) in [7, 11) is 0. The second-order valence-corrected chi connectivity index (χ2v) is 4.82. The fraction of sp³-hybridized carbons (Fsp3) is 0.294. The maximum atomic E-state index is 12.4. The Balaban J connectivity index is 2.83. The van der Waals surface area contributed by atoms with E-state index in [0.29, 0.717) is 10.9 Å². The van der Waals surface area contributed by atoms with Gasteiger partial charge in [0.05, 0.1) is 19.3 Å². The molecule has 2 aromatic rings. The Morgan fingerprint density at radius 1 is 1.21 bits per heavy atom. The zero-order chi connectivity index (χ0) is 17.7. The summed E-state index contributed by atoms with van der Waals surface area (Å²) in [5.74, 6) is -3.11. The highest BCUT2D eigenvalue weighted by Crippen LogP contribution is 2.27. The molecule has 2 rings (SSSR count). The van der Waals surface area contributed by atoms with Crippen molar-refractivity contribution in [3.05, 3.63) is 45.7 Å². The number of hydrogen-bond acceptors (Lipinski definition) is 6. The molecule has 7 heteroatoms. The van der Waals surface area contributed by atoms with Gasteiger partial charge in [0, 0.05) is 16.5 Å². The minimum absolute atomic E-state index is 0.00810. The summed E-state index contributed by atoms with van der Waals surface area (Å²) in [6, 6.07) is 8.43. The molecule has 0 spiro atoms. The predicted molar refractivity (Wildman–Crippen MR) is 85.5 cm³/mol. The van der Waals surface area contributed by atoms with Crippen molar-refractivity contribution in [2.45, 2.75) is 19.8 Å². The highest BCUT2D eigenvalue weighted by atomic mass is 16.5. The Hall–Kier alpha value is -3.14. The van der Waals surface area contributed by atoms with Gasteiger partial charge in [0.2, 0.25) is 0 Å². The molecule has 0 fully saturated rings. The van der Waals surface area contributed by atoms with Crippen molar-refractivity contribution in [2.24, 2.45) is 0 Å². The molecule has 0 aliphatic rings. The van der Waals surface area contributed by atoms with Crippen LogP contribution in [0.4, 0.5) is 0 Å². The van der Waals surface area contributed by atoms with E-state index in [1.165, 1.54) is 0 Å². The third-order valence-electron chi connectivity index (χ3n) is 3.38. The summed E-state index contributed by atoms with van der Waals surface area (Å²) in [6.45, 7) is 3.34. The number of hydrogen-bond donors (Lipinski definition) is 1. The molecule has 24 heavy (non-hydrogen) atoms. The van der Waals surface area contributed by atoms with Crippen molar-refractivity contribution in [1.82, 2.24) is 4.98 Å². The number of nitrogens with one attached hydrogen (secondary N) is 1. The highest BCUT2D eigenvalue weighted by molar-refractivity contribution is 6.01. The van der Waals surface area contributed by atoms with Gasteiger partial charge in [-0.15, -0.1) is 0 Å². The first-order valence-corrected chi connectivity index (χ1v) is 7.43. The number of aromatic nitrogens is 1. The van der Waals surface area contributed by atoms with Gasteiger partial charge in [-0.1, -0.05) is 18.2 Å². The number of fused-ring (bicyclic) bond motifs is 1. The van der Waals surface area contributed by atoms with E-state index >= 15 is 0 Å². The molecule has 7 nitrogen and oxygen atoms in total. The Bertz CT molecular complexity index is 879. The number of pyridine rings is 1. The van der Waals surface area contributed by atoms with Crippen LogP contribution >= 0.6 is 0 Å². The van der Waals surface area contributed by atoms with Crippen molar-refractivity contribution in [3.8, 4) is 6.07 Å². The fourth-order valence-electron chi connectivity index (χ4n) is 2.44. The van der Waals surface area contributed by atoms with Crippen molar-refractivity contribution in [3.63, 3.8) is 0 Å². The van der Waals surface area contributed by atoms with E-state index in [1.807, 2.05) is 6.07 Å². The standard InChI is InChI=1S/C17H16N2O5/c1-3-23-16(21)11(9-18)13-10-7-5-6-8-12(10)19-15(20)14(13)17(22)24-4-2/h5-8,11H,3-4H2,1-2H3,(H,19,20). The second kappa shape index (κ2) is 7.42. The zero-order valence-corrected chi connectivity index (χ0v) is 13.3. The van der Waals surface area contributed by atoms with Crippen LogP contribution in [0.1, 0.15) is 35.7 Å². The third-order valence-corrected chi connectivity index (χ3v) is 3.38. The van der Waals surface area contributed by atoms with Gasteiger partial charge >= 0.3 is 11.9 Å². The van der Waals surface area contributed by atoms with Gasteiger partial charge in [0.15, 0.2) is 5.92 Å². The molecule has 1 heterocycles. The number of nitriles is 1. The molecule has 0 aliphatic heterocycles. The molecule has 1 aromatic heterocycles. The highest BCUT2D eigenvalue weighted by Gasteiger charge is 2.31. The SMILES string of the molecule is CCOC(=O)c1c(C(C#N)C(=O)OCC)c2ccccc2[nH]c1=O. The maximum absolute atomic E-state index is 12.4. The fourth-order valence-corrected chi connectivity index (χ4v) is 2.44. The van der Waals surface area contributed by atoms with Gasteiger partial charge in [-0.05, 0) is 19.9 Å². The molecule has 124 valence electrons. The van der Waals surface area contributed by atoms with Crippen molar-refractivity contribution >= 4 is 22.8 Å². The molecule has 0 aliphatic carbocycles. The van der Waals surface area contributed by atoms with E-state index in [-0.39, 0.29) is 24.3 Å². The molecule has 0 saturated carbocycles. The molecule has 1 N–H and O–H groups in total. The Morgan fingerprint density at radius 2 is 1.88 bits per heavy atom. The topological polar surface area (TPSA) is 109 Å². The van der Waals surface area contributed by atoms with E-state index in [0.717, 1.165) is 0 Å². The van der Waals surface area contributed by atoms with Crippen LogP contribution in [0.15, 0.2) is 29.1 Å². The number of nitrogens with zero attached hydrogens (tertiary/aromatic N) is 1. The number of ether oxygens (including phenoxy) is 2. The Morgan fingerprint density at radius 3 is 2.50 bits per heavy atom. The lowest BCUT2D eigenvalue weighted by molar-refractivity contribution is -0.143. The Kier molecular flexibility index (Phi) is 5.32. The third kappa shape index (κ3) is 3.13. The van der Waals surface area contributed by atoms with Crippen LogP contribution in [0.2, 0.25) is 0 Å². The zero-order valence-electron chi connectivity index (χ0n) is 13.3. The van der Waals surface area contributed by atoms with Gasteiger partial charge in [0.25, 0.3) is 5.56 Å².